The lowest BCUT2D eigenvalue weighted by Crippen LogP contribution is -2.17. The fourth-order valence-corrected chi connectivity index (χ4v) is 3.09. The number of hydrogen-bond acceptors (Lipinski definition) is 2. The summed E-state index contributed by atoms with van der Waals surface area (Å²) >= 11 is 9.54. The first kappa shape index (κ1) is 14.7. The van der Waals surface area contributed by atoms with Crippen LogP contribution < -0.4 is 10.2 Å². The molecule has 0 amide bonds. The lowest BCUT2D eigenvalue weighted by atomic mass is 10.2. The van der Waals surface area contributed by atoms with Gasteiger partial charge in [0.15, 0.2) is 0 Å². The molecular formula is C17H18BrClN2. The average Bonchev–Trinajstić information content (AvgIpc) is 3.03. The molecule has 2 aromatic rings. The second-order valence-electron chi connectivity index (χ2n) is 5.35. The molecule has 21 heavy (non-hydrogen) atoms. The van der Waals surface area contributed by atoms with Gasteiger partial charge in [-0.2, -0.15) is 0 Å². The Morgan fingerprint density at radius 1 is 1.10 bits per heavy atom. The molecule has 2 aromatic carbocycles. The summed E-state index contributed by atoms with van der Waals surface area (Å²) in [6, 6.07) is 14.7. The maximum absolute atomic E-state index is 6.13. The van der Waals surface area contributed by atoms with Crippen LogP contribution in [-0.4, -0.2) is 13.1 Å². The topological polar surface area (TPSA) is 15.3 Å². The van der Waals surface area contributed by atoms with Crippen molar-refractivity contribution in [3.63, 3.8) is 0 Å². The number of nitrogens with one attached hydrogen (secondary N) is 1. The van der Waals surface area contributed by atoms with Gasteiger partial charge in [0.2, 0.25) is 0 Å². The van der Waals surface area contributed by atoms with Crippen LogP contribution in [0.5, 0.6) is 0 Å². The van der Waals surface area contributed by atoms with Crippen LogP contribution in [0.1, 0.15) is 18.4 Å². The van der Waals surface area contributed by atoms with Crippen molar-refractivity contribution in [3.05, 3.63) is 57.5 Å². The molecule has 1 aliphatic heterocycles. The van der Waals surface area contributed by atoms with Crippen molar-refractivity contribution in [2.75, 3.05) is 23.3 Å². The van der Waals surface area contributed by atoms with Gasteiger partial charge in [-0.05, 0) is 64.7 Å². The maximum Gasteiger partial charge on any atom is 0.0551 e. The number of rotatable bonds is 4. The molecule has 0 spiro atoms. The van der Waals surface area contributed by atoms with Crippen molar-refractivity contribution < 1.29 is 0 Å². The Hall–Kier alpha value is -1.19. The normalized spacial score (nSPS) is 14.5. The van der Waals surface area contributed by atoms with Crippen molar-refractivity contribution in [3.8, 4) is 0 Å². The van der Waals surface area contributed by atoms with Crippen LogP contribution in [0.2, 0.25) is 5.02 Å². The highest BCUT2D eigenvalue weighted by Crippen LogP contribution is 2.25. The van der Waals surface area contributed by atoms with Crippen LogP contribution in [0.4, 0.5) is 11.4 Å². The molecule has 1 saturated heterocycles. The molecule has 2 nitrogen and oxygen atoms in total. The summed E-state index contributed by atoms with van der Waals surface area (Å²) < 4.78 is 0.934. The number of anilines is 2. The Morgan fingerprint density at radius 2 is 1.90 bits per heavy atom. The van der Waals surface area contributed by atoms with Gasteiger partial charge in [0.25, 0.3) is 0 Å². The maximum atomic E-state index is 6.13. The van der Waals surface area contributed by atoms with E-state index in [4.69, 9.17) is 11.6 Å². The Balaban J connectivity index is 1.67. The summed E-state index contributed by atoms with van der Waals surface area (Å²) in [6.07, 6.45) is 2.60. The summed E-state index contributed by atoms with van der Waals surface area (Å²) in [4.78, 5) is 2.45. The second kappa shape index (κ2) is 6.71. The van der Waals surface area contributed by atoms with Crippen LogP contribution in [0.25, 0.3) is 0 Å². The third-order valence-corrected chi connectivity index (χ3v) is 5.03. The van der Waals surface area contributed by atoms with E-state index in [0.717, 1.165) is 21.7 Å². The highest BCUT2D eigenvalue weighted by atomic mass is 79.9. The Bertz CT molecular complexity index is 624. The van der Waals surface area contributed by atoms with E-state index in [1.54, 1.807) is 0 Å². The van der Waals surface area contributed by atoms with Crippen LogP contribution >= 0.6 is 27.5 Å². The summed E-state index contributed by atoms with van der Waals surface area (Å²) in [7, 11) is 0. The van der Waals surface area contributed by atoms with Gasteiger partial charge in [-0.3, -0.25) is 0 Å². The summed E-state index contributed by atoms with van der Waals surface area (Å²) in [6.45, 7) is 3.12. The summed E-state index contributed by atoms with van der Waals surface area (Å²) in [5, 5.41) is 4.22. The lowest BCUT2D eigenvalue weighted by Gasteiger charge is -2.18. The van der Waals surface area contributed by atoms with Crippen LogP contribution in [0.3, 0.4) is 0 Å². The molecule has 0 bridgehead atoms. The van der Waals surface area contributed by atoms with Crippen LogP contribution in [0.15, 0.2) is 46.9 Å². The molecule has 0 atom stereocenters. The molecule has 0 saturated carbocycles. The monoisotopic (exact) mass is 364 g/mol. The zero-order valence-corrected chi connectivity index (χ0v) is 14.1. The Morgan fingerprint density at radius 3 is 2.67 bits per heavy atom. The molecule has 1 aliphatic rings. The minimum atomic E-state index is 0.750. The van der Waals surface area contributed by atoms with E-state index >= 15 is 0 Å². The molecule has 0 aliphatic carbocycles. The predicted octanol–water partition coefficient (Wildman–Crippen LogP) is 5.31. The van der Waals surface area contributed by atoms with E-state index in [0.29, 0.717) is 0 Å². The minimum absolute atomic E-state index is 0.750. The molecule has 4 heteroatoms. The molecule has 0 radical (unpaired) electrons. The first-order chi connectivity index (χ1) is 10.2. The third kappa shape index (κ3) is 3.72. The largest absolute Gasteiger partial charge is 0.381 e. The van der Waals surface area contributed by atoms with Gasteiger partial charge in [0.1, 0.15) is 0 Å². The zero-order valence-electron chi connectivity index (χ0n) is 11.8. The molecule has 1 fully saturated rings. The third-order valence-electron chi connectivity index (χ3n) is 3.80. The zero-order chi connectivity index (χ0) is 14.7. The van der Waals surface area contributed by atoms with E-state index < -0.39 is 0 Å². The first-order valence-corrected chi connectivity index (χ1v) is 8.42. The minimum Gasteiger partial charge on any atom is -0.381 e. The van der Waals surface area contributed by atoms with E-state index in [-0.39, 0.29) is 0 Å². The SMILES string of the molecule is Clc1cc(CNc2cccc(N3CCCC3)c2)ccc1Br. The van der Waals surface area contributed by atoms with Crippen molar-refractivity contribution >= 4 is 38.9 Å². The molecule has 0 aromatic heterocycles. The van der Waals surface area contributed by atoms with Crippen LogP contribution in [-0.2, 0) is 6.54 Å². The second-order valence-corrected chi connectivity index (χ2v) is 6.61. The van der Waals surface area contributed by atoms with Gasteiger partial charge < -0.3 is 10.2 Å². The van der Waals surface area contributed by atoms with E-state index in [9.17, 15) is 0 Å². The summed E-state index contributed by atoms with van der Waals surface area (Å²) in [5.41, 5.74) is 3.64. The molecule has 3 rings (SSSR count). The average molecular weight is 366 g/mol. The number of halogens is 2. The highest BCUT2D eigenvalue weighted by molar-refractivity contribution is 9.10. The molecule has 1 heterocycles. The van der Waals surface area contributed by atoms with Crippen molar-refractivity contribution in [2.24, 2.45) is 0 Å². The van der Waals surface area contributed by atoms with Gasteiger partial charge in [-0.1, -0.05) is 23.7 Å². The number of nitrogens with zero attached hydrogens (tertiary/aromatic N) is 1. The van der Waals surface area contributed by atoms with Gasteiger partial charge >= 0.3 is 0 Å². The number of benzene rings is 2. The lowest BCUT2D eigenvalue weighted by molar-refractivity contribution is 0.949. The fourth-order valence-electron chi connectivity index (χ4n) is 2.64. The molecule has 110 valence electrons. The molecular weight excluding hydrogens is 348 g/mol. The van der Waals surface area contributed by atoms with Crippen molar-refractivity contribution in [1.82, 2.24) is 0 Å². The molecule has 0 unspecified atom stereocenters. The van der Waals surface area contributed by atoms with Gasteiger partial charge in [0.05, 0.1) is 5.02 Å². The fraction of sp³-hybridized carbons (Fsp3) is 0.294. The first-order valence-electron chi connectivity index (χ1n) is 7.25. The Kier molecular flexibility index (Phi) is 4.71. The van der Waals surface area contributed by atoms with Gasteiger partial charge in [0, 0.05) is 35.5 Å². The standard InChI is InChI=1S/C17H18BrClN2/c18-16-7-6-13(10-17(16)19)12-20-14-4-3-5-15(11-14)21-8-1-2-9-21/h3-7,10-11,20H,1-2,8-9,12H2. The quantitative estimate of drug-likeness (QED) is 0.789. The smallest absolute Gasteiger partial charge is 0.0551 e. The summed E-state index contributed by atoms with van der Waals surface area (Å²) in [5.74, 6) is 0. The van der Waals surface area contributed by atoms with Crippen molar-refractivity contribution in [1.29, 1.82) is 0 Å². The Labute approximate surface area is 139 Å². The van der Waals surface area contributed by atoms with Gasteiger partial charge in [-0.25, -0.2) is 0 Å². The van der Waals surface area contributed by atoms with E-state index in [1.807, 2.05) is 12.1 Å². The van der Waals surface area contributed by atoms with Crippen LogP contribution in [0, 0.1) is 0 Å². The number of hydrogen-bond donors (Lipinski definition) is 1. The predicted molar refractivity (Wildman–Crippen MR) is 94.4 cm³/mol. The highest BCUT2D eigenvalue weighted by Gasteiger charge is 2.12. The van der Waals surface area contributed by atoms with E-state index in [1.165, 1.54) is 37.2 Å². The van der Waals surface area contributed by atoms with Crippen molar-refractivity contribution in [2.45, 2.75) is 19.4 Å². The van der Waals surface area contributed by atoms with Gasteiger partial charge in [-0.15, -0.1) is 0 Å². The van der Waals surface area contributed by atoms with E-state index in [2.05, 4.69) is 56.5 Å². The molecule has 1 N–H and O–H groups in total.